The Morgan fingerprint density at radius 1 is 1.03 bits per heavy atom. The van der Waals surface area contributed by atoms with Crippen molar-refractivity contribution in [3.63, 3.8) is 0 Å². The molecule has 180 valence electrons. The maximum atomic E-state index is 13.0. The Bertz CT molecular complexity index is 1240. The molecule has 0 aromatic heterocycles. The third-order valence-electron chi connectivity index (χ3n) is 7.18. The molecule has 3 amide bonds. The predicted octanol–water partition coefficient (Wildman–Crippen LogP) is -0.160. The molecule has 2 aromatic rings. The molecule has 0 spiro atoms. The van der Waals surface area contributed by atoms with Gasteiger partial charge in [-0.25, -0.2) is 0 Å². The van der Waals surface area contributed by atoms with E-state index in [9.17, 15) is 14.4 Å². The van der Waals surface area contributed by atoms with Crippen LogP contribution in [0.5, 0.6) is 5.75 Å². The number of ether oxygens (including phenoxy) is 2. The maximum Gasteiger partial charge on any atom is 0.255 e. The van der Waals surface area contributed by atoms with Gasteiger partial charge in [0.2, 0.25) is 11.8 Å². The number of amides is 3. The second kappa shape index (κ2) is 9.72. The molecule has 3 aliphatic heterocycles. The third kappa shape index (κ3) is 4.84. The summed E-state index contributed by atoms with van der Waals surface area (Å²) in [5, 5.41) is -0.875. The van der Waals surface area contributed by atoms with Gasteiger partial charge in [0.05, 0.1) is 44.5 Å². The molecule has 3 aliphatic rings. The van der Waals surface area contributed by atoms with Crippen molar-refractivity contribution in [3.8, 4) is 5.75 Å². The van der Waals surface area contributed by atoms with E-state index < -0.39 is 22.7 Å². The lowest BCUT2D eigenvalue weighted by Gasteiger charge is -2.55. The second-order valence-electron chi connectivity index (χ2n) is 9.68. The van der Waals surface area contributed by atoms with Gasteiger partial charge in [0, 0.05) is 30.6 Å². The third-order valence-corrected chi connectivity index (χ3v) is 7.18. The van der Waals surface area contributed by atoms with Crippen LogP contribution in [0.1, 0.15) is 39.9 Å². The summed E-state index contributed by atoms with van der Waals surface area (Å²) in [5.74, 6) is -0.418. The highest BCUT2D eigenvalue weighted by molar-refractivity contribution is 6.53. The Hall–Kier alpha value is -2.97. The molecule has 3 heterocycles. The fourth-order valence-electron chi connectivity index (χ4n) is 4.90. The zero-order valence-electron chi connectivity index (χ0n) is 20.3. The normalized spacial score (nSPS) is 23.0. The first kappa shape index (κ1) is 25.7. The molecule has 1 N–H and O–H groups in total. The van der Waals surface area contributed by atoms with Crippen LogP contribution in [0.3, 0.4) is 0 Å². The van der Waals surface area contributed by atoms with Gasteiger partial charge in [-0.1, -0.05) is 30.3 Å². The van der Waals surface area contributed by atoms with Gasteiger partial charge in [0.15, 0.2) is 0 Å². The molecular weight excluding hydrogens is 466 g/mol. The number of benzene rings is 2. The van der Waals surface area contributed by atoms with Crippen LogP contribution < -0.4 is 10.1 Å². The molecule has 12 heteroatoms. The number of morpholine rings is 1. The van der Waals surface area contributed by atoms with Gasteiger partial charge >= 0.3 is 0 Å². The van der Waals surface area contributed by atoms with Gasteiger partial charge in [-0.05, 0) is 40.4 Å². The monoisotopic (exact) mass is 489 g/mol. The summed E-state index contributed by atoms with van der Waals surface area (Å²) in [6, 6.07) is 12.4. The molecule has 8 radical (unpaired) electrons. The molecule has 0 saturated carbocycles. The van der Waals surface area contributed by atoms with Crippen LogP contribution >= 0.6 is 0 Å². The summed E-state index contributed by atoms with van der Waals surface area (Å²) in [5.41, 5.74) is 3.13. The molecule has 5 rings (SSSR count). The van der Waals surface area contributed by atoms with E-state index in [-0.39, 0.29) is 31.4 Å². The highest BCUT2D eigenvalue weighted by Crippen LogP contribution is 2.34. The van der Waals surface area contributed by atoms with E-state index in [1.807, 2.05) is 24.3 Å². The molecule has 37 heavy (non-hydrogen) atoms. The standard InChI is InChI=1S/C25H23B4N3O5/c26-24(27)25(28,29)37-11-10-31(24)12-15-4-6-16(7-5-15)14-36-20-3-1-2-17-18(20)13-32(23(17)35)19-8-9-21(33)30-22(19)34/h1-7,19H,8-14H2,(H,30,33,34). The largest absolute Gasteiger partial charge is 0.489 e. The summed E-state index contributed by atoms with van der Waals surface area (Å²) < 4.78 is 11.4. The summed E-state index contributed by atoms with van der Waals surface area (Å²) >= 11 is 0. The van der Waals surface area contributed by atoms with Gasteiger partial charge in [0.1, 0.15) is 18.4 Å². The van der Waals surface area contributed by atoms with Crippen molar-refractivity contribution in [2.45, 2.75) is 49.3 Å². The number of nitrogens with one attached hydrogen (secondary N) is 1. The number of hydrogen-bond acceptors (Lipinski definition) is 6. The van der Waals surface area contributed by atoms with E-state index in [2.05, 4.69) is 5.32 Å². The fraction of sp³-hybridized carbons (Fsp3) is 0.400. The van der Waals surface area contributed by atoms with Crippen molar-refractivity contribution < 1.29 is 23.9 Å². The van der Waals surface area contributed by atoms with Crippen molar-refractivity contribution in [1.82, 2.24) is 15.1 Å². The van der Waals surface area contributed by atoms with E-state index in [0.717, 1.165) is 16.7 Å². The summed E-state index contributed by atoms with van der Waals surface area (Å²) in [7, 11) is 24.2. The van der Waals surface area contributed by atoms with Crippen molar-refractivity contribution in [1.29, 1.82) is 0 Å². The lowest BCUT2D eigenvalue weighted by atomic mass is 9.39. The SMILES string of the molecule is [B]C1([B])OCCN(Cc2ccc(COc3cccc4c3CN(C3CCC(=O)NC3=O)C4=O)cc2)C1([B])[B]. The van der Waals surface area contributed by atoms with Crippen molar-refractivity contribution in [2.24, 2.45) is 0 Å². The van der Waals surface area contributed by atoms with E-state index in [0.29, 0.717) is 37.4 Å². The lowest BCUT2D eigenvalue weighted by molar-refractivity contribution is -0.136. The minimum Gasteiger partial charge on any atom is -0.489 e. The van der Waals surface area contributed by atoms with Crippen LogP contribution in [0.15, 0.2) is 42.5 Å². The van der Waals surface area contributed by atoms with Crippen LogP contribution in [0.4, 0.5) is 0 Å². The zero-order valence-corrected chi connectivity index (χ0v) is 20.3. The van der Waals surface area contributed by atoms with Crippen molar-refractivity contribution in [2.75, 3.05) is 13.2 Å². The van der Waals surface area contributed by atoms with Crippen LogP contribution in [0.25, 0.3) is 0 Å². The first-order valence-electron chi connectivity index (χ1n) is 12.1. The molecular formula is C25H23B4N3O5. The Morgan fingerprint density at radius 3 is 2.49 bits per heavy atom. The Kier molecular flexibility index (Phi) is 6.75. The summed E-state index contributed by atoms with van der Waals surface area (Å²) in [4.78, 5) is 40.1. The van der Waals surface area contributed by atoms with Gasteiger partial charge in [-0.2, -0.15) is 0 Å². The highest BCUT2D eigenvalue weighted by atomic mass is 16.5. The van der Waals surface area contributed by atoms with Gasteiger partial charge in [-0.15, -0.1) is 0 Å². The van der Waals surface area contributed by atoms with Crippen LogP contribution in [-0.4, -0.2) is 88.8 Å². The number of nitrogens with zero attached hydrogens (tertiary/aromatic N) is 2. The van der Waals surface area contributed by atoms with Gasteiger partial charge in [-0.3, -0.25) is 19.7 Å². The van der Waals surface area contributed by atoms with E-state index in [4.69, 9.17) is 40.9 Å². The second-order valence-corrected chi connectivity index (χ2v) is 9.68. The highest BCUT2D eigenvalue weighted by Gasteiger charge is 2.43. The zero-order chi connectivity index (χ0) is 26.4. The lowest BCUT2D eigenvalue weighted by Crippen LogP contribution is -2.71. The number of carbonyl (C=O) groups is 3. The molecule has 8 nitrogen and oxygen atoms in total. The average molecular weight is 489 g/mol. The number of fused-ring (bicyclic) bond motifs is 1. The first-order valence-corrected chi connectivity index (χ1v) is 12.1. The van der Waals surface area contributed by atoms with E-state index in [1.165, 1.54) is 4.90 Å². The van der Waals surface area contributed by atoms with E-state index in [1.54, 1.807) is 23.1 Å². The number of rotatable bonds is 6. The summed E-state index contributed by atoms with van der Waals surface area (Å²) in [6.07, 6.45) is 0.517. The van der Waals surface area contributed by atoms with Crippen molar-refractivity contribution >= 4 is 49.1 Å². The Morgan fingerprint density at radius 2 is 1.76 bits per heavy atom. The minimum absolute atomic E-state index is 0.207. The molecule has 2 aromatic carbocycles. The molecule has 2 saturated heterocycles. The fourth-order valence-corrected chi connectivity index (χ4v) is 4.90. The van der Waals surface area contributed by atoms with Crippen molar-refractivity contribution in [3.05, 3.63) is 64.7 Å². The Balaban J connectivity index is 1.23. The van der Waals surface area contributed by atoms with Crippen LogP contribution in [0, 0.1) is 0 Å². The number of hydrogen-bond donors (Lipinski definition) is 1. The average Bonchev–Trinajstić information content (AvgIpc) is 3.18. The first-order chi connectivity index (χ1) is 17.6. The Labute approximate surface area is 221 Å². The molecule has 0 aliphatic carbocycles. The molecule has 0 bridgehead atoms. The number of piperidine rings is 1. The minimum atomic E-state index is -1.66. The quantitative estimate of drug-likeness (QED) is 0.449. The molecule has 2 fully saturated rings. The number of imide groups is 1. The van der Waals surface area contributed by atoms with Gasteiger partial charge < -0.3 is 19.3 Å². The topological polar surface area (TPSA) is 88.2 Å². The predicted molar refractivity (Wildman–Crippen MR) is 138 cm³/mol. The van der Waals surface area contributed by atoms with Gasteiger partial charge in [0.25, 0.3) is 5.91 Å². The van der Waals surface area contributed by atoms with Crippen LogP contribution in [-0.2, 0) is 34.0 Å². The molecule has 1 unspecified atom stereocenters. The smallest absolute Gasteiger partial charge is 0.255 e. The van der Waals surface area contributed by atoms with E-state index >= 15 is 0 Å². The van der Waals surface area contributed by atoms with Crippen LogP contribution in [0.2, 0.25) is 0 Å². The molecule has 1 atom stereocenters. The number of carbonyl (C=O) groups excluding carboxylic acids is 3. The summed E-state index contributed by atoms with van der Waals surface area (Å²) in [6.45, 7) is 1.78. The maximum absolute atomic E-state index is 13.0.